The minimum absolute atomic E-state index is 0.561. The molecule has 0 saturated heterocycles. The smallest absolute Gasteiger partial charge is 0.0358 e. The van der Waals surface area contributed by atoms with Gasteiger partial charge in [-0.25, -0.2) is 0 Å². The summed E-state index contributed by atoms with van der Waals surface area (Å²) < 4.78 is 0. The van der Waals surface area contributed by atoms with Crippen LogP contribution in [0.15, 0.2) is 30.3 Å². The number of aryl methyl sites for hydroxylation is 1. The lowest BCUT2D eigenvalue weighted by Gasteiger charge is -2.22. The summed E-state index contributed by atoms with van der Waals surface area (Å²) in [6, 6.07) is 10.8. The van der Waals surface area contributed by atoms with E-state index in [4.69, 9.17) is 5.73 Å². The fraction of sp³-hybridized carbons (Fsp3) is 0.444. The van der Waals surface area contributed by atoms with E-state index in [0.29, 0.717) is 11.8 Å². The van der Waals surface area contributed by atoms with Crippen LogP contribution in [-0.4, -0.2) is 0 Å². The number of nitrogen functional groups attached to an aromatic ring is 1. The van der Waals surface area contributed by atoms with Crippen LogP contribution in [-0.2, 0) is 0 Å². The van der Waals surface area contributed by atoms with Crippen molar-refractivity contribution in [2.24, 2.45) is 5.92 Å². The van der Waals surface area contributed by atoms with Crippen molar-refractivity contribution < 1.29 is 0 Å². The molecule has 1 unspecified atom stereocenters. The van der Waals surface area contributed by atoms with Crippen LogP contribution in [0.5, 0.6) is 0 Å². The molecule has 102 valence electrons. The number of fused-ring (bicyclic) bond motifs is 1. The highest BCUT2D eigenvalue weighted by molar-refractivity contribution is 5.92. The van der Waals surface area contributed by atoms with E-state index >= 15 is 0 Å². The molecule has 1 atom stereocenters. The zero-order chi connectivity index (χ0) is 14.0. The van der Waals surface area contributed by atoms with E-state index in [0.717, 1.165) is 12.1 Å². The Labute approximate surface area is 116 Å². The summed E-state index contributed by atoms with van der Waals surface area (Å²) in [6.45, 7) is 8.98. The normalized spacial score (nSPS) is 13.1. The van der Waals surface area contributed by atoms with E-state index in [1.165, 1.54) is 28.3 Å². The van der Waals surface area contributed by atoms with E-state index in [1.54, 1.807) is 0 Å². The van der Waals surface area contributed by atoms with Crippen LogP contribution in [0.4, 0.5) is 5.69 Å². The summed E-state index contributed by atoms with van der Waals surface area (Å²) in [5.74, 6) is 1.26. The van der Waals surface area contributed by atoms with Crippen LogP contribution in [0.2, 0.25) is 0 Å². The van der Waals surface area contributed by atoms with Crippen LogP contribution >= 0.6 is 0 Å². The van der Waals surface area contributed by atoms with Crippen molar-refractivity contribution in [3.05, 3.63) is 41.5 Å². The van der Waals surface area contributed by atoms with E-state index in [2.05, 4.69) is 58.0 Å². The van der Waals surface area contributed by atoms with Crippen LogP contribution in [0.1, 0.15) is 50.7 Å². The first-order valence-corrected chi connectivity index (χ1v) is 7.32. The Morgan fingerprint density at radius 3 is 2.32 bits per heavy atom. The standard InChI is InChI=1S/C18H25N/c1-5-14(10-12(2)3)18-16-9-7-6-8-15(16)13(4)11-17(18)19/h6-9,11-12,14H,5,10,19H2,1-4H3. The molecule has 19 heavy (non-hydrogen) atoms. The van der Waals surface area contributed by atoms with Gasteiger partial charge in [-0.15, -0.1) is 0 Å². The van der Waals surface area contributed by atoms with Gasteiger partial charge in [0, 0.05) is 5.69 Å². The number of anilines is 1. The maximum absolute atomic E-state index is 6.34. The van der Waals surface area contributed by atoms with Gasteiger partial charge in [0.15, 0.2) is 0 Å². The molecule has 1 nitrogen and oxygen atoms in total. The van der Waals surface area contributed by atoms with Gasteiger partial charge in [-0.1, -0.05) is 45.0 Å². The number of benzene rings is 2. The third-order valence-electron chi connectivity index (χ3n) is 3.98. The fourth-order valence-corrected chi connectivity index (χ4v) is 3.12. The zero-order valence-electron chi connectivity index (χ0n) is 12.5. The fourth-order valence-electron chi connectivity index (χ4n) is 3.12. The van der Waals surface area contributed by atoms with Crippen molar-refractivity contribution in [2.45, 2.75) is 46.5 Å². The molecular formula is C18H25N. The molecular weight excluding hydrogens is 230 g/mol. The predicted molar refractivity (Wildman–Crippen MR) is 85.6 cm³/mol. The highest BCUT2D eigenvalue weighted by Crippen LogP contribution is 2.37. The first-order valence-electron chi connectivity index (χ1n) is 7.32. The second-order valence-corrected chi connectivity index (χ2v) is 5.98. The number of nitrogens with two attached hydrogens (primary N) is 1. The lowest BCUT2D eigenvalue weighted by Crippen LogP contribution is -2.07. The van der Waals surface area contributed by atoms with Crippen molar-refractivity contribution in [1.82, 2.24) is 0 Å². The molecule has 0 heterocycles. The molecule has 0 bridgehead atoms. The van der Waals surface area contributed by atoms with Crippen LogP contribution < -0.4 is 5.73 Å². The maximum Gasteiger partial charge on any atom is 0.0358 e. The molecule has 0 radical (unpaired) electrons. The van der Waals surface area contributed by atoms with Crippen molar-refractivity contribution in [1.29, 1.82) is 0 Å². The largest absolute Gasteiger partial charge is 0.398 e. The summed E-state index contributed by atoms with van der Waals surface area (Å²) in [7, 11) is 0. The zero-order valence-corrected chi connectivity index (χ0v) is 12.5. The first kappa shape index (κ1) is 13.9. The van der Waals surface area contributed by atoms with Crippen molar-refractivity contribution in [3.8, 4) is 0 Å². The molecule has 0 aliphatic rings. The third kappa shape index (κ3) is 2.75. The Hall–Kier alpha value is -1.50. The highest BCUT2D eigenvalue weighted by Gasteiger charge is 2.18. The van der Waals surface area contributed by atoms with Gasteiger partial charge in [-0.3, -0.25) is 0 Å². The van der Waals surface area contributed by atoms with Crippen molar-refractivity contribution in [3.63, 3.8) is 0 Å². The van der Waals surface area contributed by atoms with Crippen LogP contribution in [0.25, 0.3) is 10.8 Å². The van der Waals surface area contributed by atoms with Gasteiger partial charge < -0.3 is 5.73 Å². The van der Waals surface area contributed by atoms with Gasteiger partial charge in [0.1, 0.15) is 0 Å². The molecule has 0 aliphatic heterocycles. The highest BCUT2D eigenvalue weighted by atomic mass is 14.6. The number of hydrogen-bond donors (Lipinski definition) is 1. The number of hydrogen-bond acceptors (Lipinski definition) is 1. The topological polar surface area (TPSA) is 26.0 Å². The molecule has 0 spiro atoms. The van der Waals surface area contributed by atoms with E-state index in [1.807, 2.05) is 0 Å². The molecule has 2 rings (SSSR count). The monoisotopic (exact) mass is 255 g/mol. The van der Waals surface area contributed by atoms with E-state index in [9.17, 15) is 0 Å². The predicted octanol–water partition coefficient (Wildman–Crippen LogP) is 5.27. The van der Waals surface area contributed by atoms with Gasteiger partial charge in [-0.2, -0.15) is 0 Å². The molecule has 2 aromatic rings. The Morgan fingerprint density at radius 2 is 1.74 bits per heavy atom. The second kappa shape index (κ2) is 5.64. The molecule has 0 amide bonds. The Kier molecular flexibility index (Phi) is 4.14. The maximum atomic E-state index is 6.34. The third-order valence-corrected chi connectivity index (χ3v) is 3.98. The molecule has 0 aromatic heterocycles. The summed E-state index contributed by atoms with van der Waals surface area (Å²) in [5.41, 5.74) is 9.93. The van der Waals surface area contributed by atoms with Crippen molar-refractivity contribution >= 4 is 16.5 Å². The Balaban J connectivity index is 2.64. The first-order chi connectivity index (χ1) is 9.04. The SMILES string of the molecule is CCC(CC(C)C)c1c(N)cc(C)c2ccccc12. The van der Waals surface area contributed by atoms with Gasteiger partial charge in [0.2, 0.25) is 0 Å². The average molecular weight is 255 g/mol. The van der Waals surface area contributed by atoms with Gasteiger partial charge >= 0.3 is 0 Å². The van der Waals surface area contributed by atoms with Gasteiger partial charge in [-0.05, 0) is 59.6 Å². The minimum Gasteiger partial charge on any atom is -0.398 e. The molecule has 0 aliphatic carbocycles. The minimum atomic E-state index is 0.561. The Morgan fingerprint density at radius 1 is 1.11 bits per heavy atom. The molecule has 2 aromatic carbocycles. The Bertz CT molecular complexity index is 569. The molecule has 2 N–H and O–H groups in total. The van der Waals surface area contributed by atoms with E-state index < -0.39 is 0 Å². The lowest BCUT2D eigenvalue weighted by atomic mass is 9.83. The summed E-state index contributed by atoms with van der Waals surface area (Å²) in [5, 5.41) is 2.68. The van der Waals surface area contributed by atoms with Crippen molar-refractivity contribution in [2.75, 3.05) is 5.73 Å². The molecule has 1 heteroatoms. The summed E-state index contributed by atoms with van der Waals surface area (Å²) >= 11 is 0. The van der Waals surface area contributed by atoms with Gasteiger partial charge in [0.05, 0.1) is 0 Å². The second-order valence-electron chi connectivity index (χ2n) is 5.98. The summed E-state index contributed by atoms with van der Waals surface area (Å²) in [4.78, 5) is 0. The van der Waals surface area contributed by atoms with Gasteiger partial charge in [0.25, 0.3) is 0 Å². The average Bonchev–Trinajstić information content (AvgIpc) is 2.37. The summed E-state index contributed by atoms with van der Waals surface area (Å²) in [6.07, 6.45) is 2.35. The number of rotatable bonds is 4. The quantitative estimate of drug-likeness (QED) is 0.740. The van der Waals surface area contributed by atoms with Crippen LogP contribution in [0, 0.1) is 12.8 Å². The lowest BCUT2D eigenvalue weighted by molar-refractivity contribution is 0.492. The van der Waals surface area contributed by atoms with Crippen LogP contribution in [0.3, 0.4) is 0 Å². The van der Waals surface area contributed by atoms with E-state index in [-0.39, 0.29) is 0 Å². The molecule has 0 fully saturated rings. The molecule has 0 saturated carbocycles.